The average molecular weight is 541 g/mol. The first-order chi connectivity index (χ1) is 18.6. The Morgan fingerprint density at radius 1 is 1.10 bits per heavy atom. The minimum Gasteiger partial charge on any atom is -0.370 e. The summed E-state index contributed by atoms with van der Waals surface area (Å²) in [7, 11) is 0. The number of hydrogen-bond acceptors (Lipinski definition) is 5. The number of carbonyl (C=O) groups excluding carboxylic acids is 4. The van der Waals surface area contributed by atoms with Gasteiger partial charge in [0.2, 0.25) is 11.8 Å². The molecule has 0 spiro atoms. The Morgan fingerprint density at radius 2 is 1.82 bits per heavy atom. The van der Waals surface area contributed by atoms with Gasteiger partial charge in [-0.05, 0) is 48.4 Å². The van der Waals surface area contributed by atoms with Gasteiger partial charge in [0, 0.05) is 18.7 Å². The van der Waals surface area contributed by atoms with Gasteiger partial charge in [-0.2, -0.15) is 0 Å². The molecule has 1 aliphatic rings. The molecule has 2 unspecified atom stereocenters. The second kappa shape index (κ2) is 13.7. The largest absolute Gasteiger partial charge is 0.370 e. The summed E-state index contributed by atoms with van der Waals surface area (Å²) in [6, 6.07) is 10.1. The molecule has 0 aromatic heterocycles. The van der Waals surface area contributed by atoms with E-state index in [1.54, 1.807) is 12.1 Å². The molecule has 210 valence electrons. The predicted octanol–water partition coefficient (Wildman–Crippen LogP) is 1.87. The zero-order chi connectivity index (χ0) is 28.5. The summed E-state index contributed by atoms with van der Waals surface area (Å²) in [6.07, 6.45) is 1.50. The number of carbonyl (C=O) groups is 4. The number of halogens is 1. The summed E-state index contributed by atoms with van der Waals surface area (Å²) in [4.78, 5) is 53.7. The number of fused-ring (bicyclic) bond motifs is 1. The Kier molecular flexibility index (Phi) is 10.4. The van der Waals surface area contributed by atoms with Gasteiger partial charge in [0.15, 0.2) is 11.7 Å². The molecule has 11 heteroatoms. The number of Topliss-reactive ketones (excluding diaryl/α,β-unsaturated/α-hetero) is 1. The number of likely N-dealkylation sites (tertiary alicyclic amines) is 1. The number of nitrogens with two attached hydrogens (primary N) is 1. The van der Waals surface area contributed by atoms with Crippen LogP contribution in [0.2, 0.25) is 0 Å². The number of rotatable bonds is 12. The standard InChI is InChI=1S/C28H37FN6O4/c1-17(2)24(34-25(37)20-11-5-9-18-8-3-4-10-19(18)20)27(39)35-15-7-13-22(35)26(38)33-21(23(36)16-29)12-6-14-32-28(30)31/h3-5,8-11,17,21-22,24H,6-7,12-16H2,1-2H3,(H,33,38)(H,34,37)(H4,30,31,32)/t21?,22-,24?/m0/s1. The smallest absolute Gasteiger partial charge is 0.252 e. The molecule has 1 fully saturated rings. The van der Waals surface area contributed by atoms with Crippen LogP contribution in [0.4, 0.5) is 4.39 Å². The minimum atomic E-state index is -1.23. The van der Waals surface area contributed by atoms with Gasteiger partial charge < -0.3 is 26.6 Å². The fourth-order valence-electron chi connectivity index (χ4n) is 4.84. The summed E-state index contributed by atoms with van der Waals surface area (Å²) >= 11 is 0. The fourth-order valence-corrected chi connectivity index (χ4v) is 4.84. The van der Waals surface area contributed by atoms with E-state index in [2.05, 4.69) is 16.0 Å². The van der Waals surface area contributed by atoms with Crippen molar-refractivity contribution in [1.82, 2.24) is 20.9 Å². The van der Waals surface area contributed by atoms with Crippen molar-refractivity contribution in [3.8, 4) is 0 Å². The van der Waals surface area contributed by atoms with Gasteiger partial charge in [-0.1, -0.05) is 50.2 Å². The van der Waals surface area contributed by atoms with Crippen molar-refractivity contribution in [2.24, 2.45) is 11.7 Å². The van der Waals surface area contributed by atoms with Gasteiger partial charge in [-0.25, -0.2) is 4.39 Å². The summed E-state index contributed by atoms with van der Waals surface area (Å²) in [5.74, 6) is -2.53. The van der Waals surface area contributed by atoms with Gasteiger partial charge in [-0.15, -0.1) is 0 Å². The van der Waals surface area contributed by atoms with Crippen LogP contribution in [0.25, 0.3) is 10.8 Å². The molecular formula is C28H37FN6O4. The number of nitrogens with zero attached hydrogens (tertiary/aromatic N) is 1. The number of nitrogens with one attached hydrogen (secondary N) is 4. The van der Waals surface area contributed by atoms with Crippen LogP contribution in [0.5, 0.6) is 0 Å². The molecule has 1 saturated heterocycles. The SMILES string of the molecule is CC(C)C(NC(=O)c1cccc2ccccc12)C(=O)N1CCC[C@H]1C(=O)NC(CCCNC(=N)N)C(=O)CF. The third-order valence-electron chi connectivity index (χ3n) is 6.91. The molecule has 0 aliphatic carbocycles. The first kappa shape index (κ1) is 29.5. The van der Waals surface area contributed by atoms with Crippen molar-refractivity contribution < 1.29 is 23.6 Å². The van der Waals surface area contributed by atoms with Crippen LogP contribution in [0.1, 0.15) is 49.9 Å². The van der Waals surface area contributed by atoms with Crippen LogP contribution in [-0.4, -0.2) is 72.3 Å². The summed E-state index contributed by atoms with van der Waals surface area (Å²) < 4.78 is 13.2. The third kappa shape index (κ3) is 7.52. The predicted molar refractivity (Wildman–Crippen MR) is 147 cm³/mol. The first-order valence-corrected chi connectivity index (χ1v) is 13.2. The molecule has 1 aliphatic heterocycles. The Balaban J connectivity index is 1.71. The number of ketones is 1. The van der Waals surface area contributed by atoms with E-state index in [1.165, 1.54) is 4.90 Å². The zero-order valence-electron chi connectivity index (χ0n) is 22.3. The Labute approximate surface area is 227 Å². The second-order valence-corrected chi connectivity index (χ2v) is 10.1. The van der Waals surface area contributed by atoms with Crippen LogP contribution in [-0.2, 0) is 14.4 Å². The Bertz CT molecular complexity index is 1210. The molecule has 2 aromatic carbocycles. The van der Waals surface area contributed by atoms with Gasteiger partial charge in [0.05, 0.1) is 6.04 Å². The molecule has 1 heterocycles. The van der Waals surface area contributed by atoms with E-state index >= 15 is 0 Å². The molecule has 0 radical (unpaired) electrons. The Hall–Kier alpha value is -4.02. The number of guanidine groups is 1. The second-order valence-electron chi connectivity index (χ2n) is 10.1. The van der Waals surface area contributed by atoms with Crippen LogP contribution in [0.3, 0.4) is 0 Å². The quantitative estimate of drug-likeness (QED) is 0.157. The lowest BCUT2D eigenvalue weighted by molar-refractivity contribution is -0.141. The normalized spacial score (nSPS) is 16.5. The third-order valence-corrected chi connectivity index (χ3v) is 6.91. The molecule has 2 aromatic rings. The molecule has 39 heavy (non-hydrogen) atoms. The molecule has 3 atom stereocenters. The van der Waals surface area contributed by atoms with Crippen molar-refractivity contribution in [3.05, 3.63) is 48.0 Å². The topological polar surface area (TPSA) is 157 Å². The maximum Gasteiger partial charge on any atom is 0.252 e. The van der Waals surface area contributed by atoms with Crippen LogP contribution < -0.4 is 21.7 Å². The highest BCUT2D eigenvalue weighted by atomic mass is 19.1. The average Bonchev–Trinajstić information content (AvgIpc) is 3.42. The van der Waals surface area contributed by atoms with E-state index in [4.69, 9.17) is 11.1 Å². The highest BCUT2D eigenvalue weighted by Crippen LogP contribution is 2.22. The van der Waals surface area contributed by atoms with Gasteiger partial charge in [0.25, 0.3) is 5.91 Å². The lowest BCUT2D eigenvalue weighted by atomic mass is 9.99. The molecule has 3 rings (SSSR count). The van der Waals surface area contributed by atoms with E-state index in [1.807, 2.05) is 44.2 Å². The highest BCUT2D eigenvalue weighted by molar-refractivity contribution is 6.08. The maximum atomic E-state index is 13.6. The number of alkyl halides is 1. The first-order valence-electron chi connectivity index (χ1n) is 13.2. The lowest BCUT2D eigenvalue weighted by Crippen LogP contribution is -2.56. The van der Waals surface area contributed by atoms with Crippen LogP contribution in [0.15, 0.2) is 42.5 Å². The van der Waals surface area contributed by atoms with E-state index in [9.17, 15) is 23.6 Å². The Morgan fingerprint density at radius 3 is 2.51 bits per heavy atom. The van der Waals surface area contributed by atoms with E-state index in [-0.39, 0.29) is 30.1 Å². The van der Waals surface area contributed by atoms with Crippen LogP contribution in [0, 0.1) is 11.3 Å². The summed E-state index contributed by atoms with van der Waals surface area (Å²) in [5, 5.41) is 17.0. The fraction of sp³-hybridized carbons (Fsp3) is 0.464. The molecule has 10 nitrogen and oxygen atoms in total. The van der Waals surface area contributed by atoms with Crippen molar-refractivity contribution >= 4 is 40.2 Å². The van der Waals surface area contributed by atoms with Gasteiger partial charge in [-0.3, -0.25) is 24.6 Å². The van der Waals surface area contributed by atoms with Crippen molar-refractivity contribution in [1.29, 1.82) is 5.41 Å². The number of amides is 3. The van der Waals surface area contributed by atoms with Gasteiger partial charge >= 0.3 is 0 Å². The van der Waals surface area contributed by atoms with Crippen molar-refractivity contribution in [3.63, 3.8) is 0 Å². The molecule has 0 bridgehead atoms. The highest BCUT2D eigenvalue weighted by Gasteiger charge is 2.39. The van der Waals surface area contributed by atoms with Crippen molar-refractivity contribution in [2.45, 2.75) is 57.7 Å². The van der Waals surface area contributed by atoms with Crippen molar-refractivity contribution in [2.75, 3.05) is 19.8 Å². The molecular weight excluding hydrogens is 503 g/mol. The maximum absolute atomic E-state index is 13.6. The van der Waals surface area contributed by atoms with Crippen LogP contribution >= 0.6 is 0 Å². The zero-order valence-corrected chi connectivity index (χ0v) is 22.3. The van der Waals surface area contributed by atoms with E-state index in [0.717, 1.165) is 10.8 Å². The molecule has 6 N–H and O–H groups in total. The lowest BCUT2D eigenvalue weighted by Gasteiger charge is -2.31. The molecule has 3 amide bonds. The van der Waals surface area contributed by atoms with Gasteiger partial charge in [0.1, 0.15) is 18.8 Å². The monoisotopic (exact) mass is 540 g/mol. The number of hydrogen-bond donors (Lipinski definition) is 5. The minimum absolute atomic E-state index is 0.158. The number of benzene rings is 2. The summed E-state index contributed by atoms with van der Waals surface area (Å²) in [5.41, 5.74) is 5.70. The molecule has 0 saturated carbocycles. The summed E-state index contributed by atoms with van der Waals surface area (Å²) in [6.45, 7) is 3.04. The van der Waals surface area contributed by atoms with E-state index in [0.29, 0.717) is 37.9 Å². The van der Waals surface area contributed by atoms with E-state index < -0.39 is 36.5 Å².